The van der Waals surface area contributed by atoms with Gasteiger partial charge in [0.25, 0.3) is 0 Å². The van der Waals surface area contributed by atoms with Gasteiger partial charge in [0.15, 0.2) is 0 Å². The van der Waals surface area contributed by atoms with E-state index in [4.69, 9.17) is 16.3 Å². The minimum atomic E-state index is -0.353. The lowest BCUT2D eigenvalue weighted by Gasteiger charge is -2.25. The van der Waals surface area contributed by atoms with Crippen molar-refractivity contribution in [3.63, 3.8) is 0 Å². The lowest BCUT2D eigenvalue weighted by atomic mass is 10.1. The fraction of sp³-hybridized carbons (Fsp3) is 0.375. The standard InChI is InChI=1S/C16H19ClN2O2/c1-4-19(5-2)15-12-9-11(17)7-8-14(12)18-10-13(15)16(20)21-6-3/h7-10H,4-6H2,1-3H3. The molecule has 21 heavy (non-hydrogen) atoms. The van der Waals surface area contributed by atoms with E-state index in [-0.39, 0.29) is 5.97 Å². The Morgan fingerprint density at radius 2 is 2.00 bits per heavy atom. The van der Waals surface area contributed by atoms with Gasteiger partial charge in [-0.05, 0) is 39.0 Å². The molecule has 2 rings (SSSR count). The zero-order valence-electron chi connectivity index (χ0n) is 12.5. The summed E-state index contributed by atoms with van der Waals surface area (Å²) in [7, 11) is 0. The van der Waals surface area contributed by atoms with Crippen molar-refractivity contribution in [3.05, 3.63) is 35.0 Å². The maximum Gasteiger partial charge on any atom is 0.341 e. The van der Waals surface area contributed by atoms with Crippen molar-refractivity contribution in [3.8, 4) is 0 Å². The summed E-state index contributed by atoms with van der Waals surface area (Å²) in [4.78, 5) is 18.7. The van der Waals surface area contributed by atoms with Crippen molar-refractivity contribution in [2.24, 2.45) is 0 Å². The van der Waals surface area contributed by atoms with Crippen LogP contribution in [0.5, 0.6) is 0 Å². The lowest BCUT2D eigenvalue weighted by Crippen LogP contribution is -2.25. The number of hydrogen-bond acceptors (Lipinski definition) is 4. The first-order valence-corrected chi connectivity index (χ1v) is 7.50. The summed E-state index contributed by atoms with van der Waals surface area (Å²) < 4.78 is 5.15. The molecule has 2 aromatic rings. The van der Waals surface area contributed by atoms with E-state index in [1.807, 2.05) is 12.1 Å². The Bertz CT molecular complexity index is 654. The highest BCUT2D eigenvalue weighted by Gasteiger charge is 2.20. The third-order valence-electron chi connectivity index (χ3n) is 3.38. The zero-order valence-corrected chi connectivity index (χ0v) is 13.3. The first-order chi connectivity index (χ1) is 10.1. The van der Waals surface area contributed by atoms with Crippen molar-refractivity contribution in [2.75, 3.05) is 24.6 Å². The average Bonchev–Trinajstić information content (AvgIpc) is 2.48. The number of ether oxygens (including phenoxy) is 1. The van der Waals surface area contributed by atoms with Crippen LogP contribution in [-0.4, -0.2) is 30.6 Å². The van der Waals surface area contributed by atoms with Crippen molar-refractivity contribution in [2.45, 2.75) is 20.8 Å². The normalized spacial score (nSPS) is 10.7. The Morgan fingerprint density at radius 1 is 1.29 bits per heavy atom. The molecule has 0 aliphatic rings. The molecule has 5 heteroatoms. The predicted octanol–water partition coefficient (Wildman–Crippen LogP) is 3.91. The molecule has 1 aromatic carbocycles. The Labute approximate surface area is 129 Å². The largest absolute Gasteiger partial charge is 0.462 e. The molecule has 0 N–H and O–H groups in total. The quantitative estimate of drug-likeness (QED) is 0.785. The molecule has 4 nitrogen and oxygen atoms in total. The summed E-state index contributed by atoms with van der Waals surface area (Å²) in [6.45, 7) is 7.80. The second kappa shape index (κ2) is 6.76. The van der Waals surface area contributed by atoms with E-state index < -0.39 is 0 Å². The molecule has 0 saturated carbocycles. The van der Waals surface area contributed by atoms with Gasteiger partial charge < -0.3 is 9.64 Å². The van der Waals surface area contributed by atoms with E-state index in [2.05, 4.69) is 23.7 Å². The van der Waals surface area contributed by atoms with Crippen molar-refractivity contribution < 1.29 is 9.53 Å². The van der Waals surface area contributed by atoms with Crippen LogP contribution in [0.25, 0.3) is 10.9 Å². The zero-order chi connectivity index (χ0) is 15.4. The average molecular weight is 307 g/mol. The van der Waals surface area contributed by atoms with Crippen LogP contribution in [0.2, 0.25) is 5.02 Å². The SMILES string of the molecule is CCOC(=O)c1cnc2ccc(Cl)cc2c1N(CC)CC. The molecule has 1 heterocycles. The molecule has 0 bridgehead atoms. The monoisotopic (exact) mass is 306 g/mol. The summed E-state index contributed by atoms with van der Waals surface area (Å²) in [6.07, 6.45) is 1.59. The van der Waals surface area contributed by atoms with Gasteiger partial charge in [-0.2, -0.15) is 0 Å². The minimum absolute atomic E-state index is 0.337. The van der Waals surface area contributed by atoms with E-state index in [1.165, 1.54) is 0 Å². The van der Waals surface area contributed by atoms with Gasteiger partial charge in [0.05, 0.1) is 17.8 Å². The molecule has 0 amide bonds. The summed E-state index contributed by atoms with van der Waals surface area (Å²) in [6, 6.07) is 5.51. The molecule has 0 aliphatic carbocycles. The number of pyridine rings is 1. The summed E-state index contributed by atoms with van der Waals surface area (Å²) in [5.74, 6) is -0.353. The lowest BCUT2D eigenvalue weighted by molar-refractivity contribution is 0.0527. The highest BCUT2D eigenvalue weighted by atomic mass is 35.5. The van der Waals surface area contributed by atoms with Gasteiger partial charge in [-0.25, -0.2) is 4.79 Å². The van der Waals surface area contributed by atoms with Gasteiger partial charge in [0.2, 0.25) is 0 Å². The predicted molar refractivity (Wildman–Crippen MR) is 86.3 cm³/mol. The Kier molecular flexibility index (Phi) is 5.02. The number of aromatic nitrogens is 1. The third kappa shape index (κ3) is 3.10. The second-order valence-corrected chi connectivity index (χ2v) is 5.01. The van der Waals surface area contributed by atoms with Crippen LogP contribution in [0.15, 0.2) is 24.4 Å². The van der Waals surface area contributed by atoms with E-state index in [9.17, 15) is 4.79 Å². The Morgan fingerprint density at radius 3 is 2.62 bits per heavy atom. The molecule has 112 valence electrons. The number of nitrogens with zero attached hydrogens (tertiary/aromatic N) is 2. The third-order valence-corrected chi connectivity index (χ3v) is 3.61. The first kappa shape index (κ1) is 15.6. The Hall–Kier alpha value is -1.81. The smallest absolute Gasteiger partial charge is 0.341 e. The van der Waals surface area contributed by atoms with Gasteiger partial charge in [0.1, 0.15) is 5.56 Å². The fourth-order valence-corrected chi connectivity index (χ4v) is 2.56. The number of hydrogen-bond donors (Lipinski definition) is 0. The number of rotatable bonds is 5. The first-order valence-electron chi connectivity index (χ1n) is 7.12. The van der Waals surface area contributed by atoms with Crippen molar-refractivity contribution in [1.82, 2.24) is 4.98 Å². The molecular weight excluding hydrogens is 288 g/mol. The molecule has 0 saturated heterocycles. The van der Waals surface area contributed by atoms with Gasteiger partial charge in [0, 0.05) is 29.7 Å². The van der Waals surface area contributed by atoms with E-state index in [0.29, 0.717) is 17.2 Å². The van der Waals surface area contributed by atoms with Crippen LogP contribution in [0.3, 0.4) is 0 Å². The molecule has 0 aliphatic heterocycles. The number of carbonyl (C=O) groups is 1. The number of halogens is 1. The van der Waals surface area contributed by atoms with Crippen molar-refractivity contribution >= 4 is 34.2 Å². The van der Waals surface area contributed by atoms with Crippen LogP contribution in [-0.2, 0) is 4.74 Å². The summed E-state index contributed by atoms with van der Waals surface area (Å²) in [5, 5.41) is 1.50. The maximum atomic E-state index is 12.2. The topological polar surface area (TPSA) is 42.4 Å². The number of anilines is 1. The number of fused-ring (bicyclic) bond motifs is 1. The number of benzene rings is 1. The molecular formula is C16H19ClN2O2. The molecule has 1 aromatic heterocycles. The van der Waals surface area contributed by atoms with Crippen molar-refractivity contribution in [1.29, 1.82) is 0 Å². The maximum absolute atomic E-state index is 12.2. The van der Waals surface area contributed by atoms with Gasteiger partial charge in [-0.1, -0.05) is 11.6 Å². The molecule has 0 fully saturated rings. The van der Waals surface area contributed by atoms with Crippen LogP contribution in [0.1, 0.15) is 31.1 Å². The van der Waals surface area contributed by atoms with Gasteiger partial charge >= 0.3 is 5.97 Å². The van der Waals surface area contributed by atoms with E-state index in [1.54, 1.807) is 19.2 Å². The van der Waals surface area contributed by atoms with E-state index in [0.717, 1.165) is 29.7 Å². The van der Waals surface area contributed by atoms with Crippen LogP contribution < -0.4 is 4.90 Å². The molecule has 0 atom stereocenters. The second-order valence-electron chi connectivity index (χ2n) is 4.57. The summed E-state index contributed by atoms with van der Waals surface area (Å²) >= 11 is 6.11. The number of carbonyl (C=O) groups excluding carboxylic acids is 1. The fourth-order valence-electron chi connectivity index (χ4n) is 2.39. The van der Waals surface area contributed by atoms with E-state index >= 15 is 0 Å². The van der Waals surface area contributed by atoms with Crippen LogP contribution in [0.4, 0.5) is 5.69 Å². The highest BCUT2D eigenvalue weighted by Crippen LogP contribution is 2.32. The summed E-state index contributed by atoms with van der Waals surface area (Å²) in [5.41, 5.74) is 2.13. The highest BCUT2D eigenvalue weighted by molar-refractivity contribution is 6.31. The van der Waals surface area contributed by atoms with Crippen LogP contribution in [0, 0.1) is 0 Å². The van der Waals surface area contributed by atoms with Gasteiger partial charge in [-0.15, -0.1) is 0 Å². The molecule has 0 radical (unpaired) electrons. The molecule has 0 spiro atoms. The minimum Gasteiger partial charge on any atom is -0.462 e. The Balaban J connectivity index is 2.73. The molecule has 0 unspecified atom stereocenters. The van der Waals surface area contributed by atoms with Gasteiger partial charge in [-0.3, -0.25) is 4.98 Å². The van der Waals surface area contributed by atoms with Crippen LogP contribution >= 0.6 is 11.6 Å². The number of esters is 1.